The van der Waals surface area contributed by atoms with Crippen LogP contribution < -0.4 is 15.4 Å². The van der Waals surface area contributed by atoms with Crippen molar-refractivity contribution in [2.75, 3.05) is 13.1 Å². The van der Waals surface area contributed by atoms with E-state index in [2.05, 4.69) is 10.6 Å². The lowest BCUT2D eigenvalue weighted by molar-refractivity contribution is -0.121. The summed E-state index contributed by atoms with van der Waals surface area (Å²) in [6.07, 6.45) is 4.23. The molecular formula is C18H29ClN2O2. The standard InChI is InChI=1S/C18H28N2O2.ClH/c1-14(2)22-17-6-3-16(4-7-17)13-20-18(21)8-5-15-9-11-19-12-10-15;/h3-4,6-7,14-15,19H,5,8-13H2,1-2H3,(H,20,21);1H. The molecule has 1 aliphatic heterocycles. The second kappa shape index (κ2) is 10.5. The molecule has 4 nitrogen and oxygen atoms in total. The summed E-state index contributed by atoms with van der Waals surface area (Å²) in [7, 11) is 0. The second-order valence-electron chi connectivity index (χ2n) is 6.32. The zero-order valence-electron chi connectivity index (χ0n) is 14.1. The maximum atomic E-state index is 11.9. The van der Waals surface area contributed by atoms with Crippen LogP contribution in [0.1, 0.15) is 45.1 Å². The zero-order valence-corrected chi connectivity index (χ0v) is 15.0. The summed E-state index contributed by atoms with van der Waals surface area (Å²) < 4.78 is 5.61. The van der Waals surface area contributed by atoms with E-state index in [9.17, 15) is 4.79 Å². The van der Waals surface area contributed by atoms with Crippen molar-refractivity contribution in [2.45, 2.75) is 52.2 Å². The van der Waals surface area contributed by atoms with Gasteiger partial charge < -0.3 is 15.4 Å². The van der Waals surface area contributed by atoms with E-state index in [1.807, 2.05) is 38.1 Å². The first-order valence-electron chi connectivity index (χ1n) is 8.36. The molecule has 1 heterocycles. The largest absolute Gasteiger partial charge is 0.491 e. The number of nitrogens with one attached hydrogen (secondary N) is 2. The fourth-order valence-electron chi connectivity index (χ4n) is 2.75. The molecule has 0 bridgehead atoms. The molecule has 1 aromatic carbocycles. The Morgan fingerprint density at radius 2 is 1.91 bits per heavy atom. The van der Waals surface area contributed by atoms with Gasteiger partial charge >= 0.3 is 0 Å². The lowest BCUT2D eigenvalue weighted by Gasteiger charge is -2.22. The Morgan fingerprint density at radius 3 is 2.52 bits per heavy atom. The smallest absolute Gasteiger partial charge is 0.220 e. The SMILES string of the molecule is CC(C)Oc1ccc(CNC(=O)CCC2CCNCC2)cc1.Cl. The maximum Gasteiger partial charge on any atom is 0.220 e. The number of hydrogen-bond donors (Lipinski definition) is 2. The molecule has 130 valence electrons. The van der Waals surface area contributed by atoms with Crippen LogP contribution in [-0.2, 0) is 11.3 Å². The van der Waals surface area contributed by atoms with Gasteiger partial charge in [-0.05, 0) is 69.8 Å². The number of rotatable bonds is 7. The van der Waals surface area contributed by atoms with Crippen LogP contribution in [0, 0.1) is 5.92 Å². The van der Waals surface area contributed by atoms with E-state index >= 15 is 0 Å². The summed E-state index contributed by atoms with van der Waals surface area (Å²) >= 11 is 0. The fraction of sp³-hybridized carbons (Fsp3) is 0.611. The van der Waals surface area contributed by atoms with Gasteiger partial charge in [0.2, 0.25) is 5.91 Å². The van der Waals surface area contributed by atoms with Crippen LogP contribution in [0.15, 0.2) is 24.3 Å². The predicted molar refractivity (Wildman–Crippen MR) is 96.1 cm³/mol. The summed E-state index contributed by atoms with van der Waals surface area (Å²) in [5.41, 5.74) is 1.10. The minimum atomic E-state index is 0. The van der Waals surface area contributed by atoms with E-state index < -0.39 is 0 Å². The predicted octanol–water partition coefficient (Wildman–Crippen LogP) is 3.29. The van der Waals surface area contributed by atoms with Crippen molar-refractivity contribution in [3.05, 3.63) is 29.8 Å². The number of benzene rings is 1. The van der Waals surface area contributed by atoms with Crippen molar-refractivity contribution in [3.63, 3.8) is 0 Å². The van der Waals surface area contributed by atoms with Crippen molar-refractivity contribution >= 4 is 18.3 Å². The molecule has 1 aromatic rings. The van der Waals surface area contributed by atoms with Crippen LogP contribution in [0.3, 0.4) is 0 Å². The minimum absolute atomic E-state index is 0. The van der Waals surface area contributed by atoms with Gasteiger partial charge in [0.05, 0.1) is 6.10 Å². The molecule has 2 rings (SSSR count). The van der Waals surface area contributed by atoms with Gasteiger partial charge in [-0.2, -0.15) is 0 Å². The molecule has 0 spiro atoms. The molecule has 0 saturated carbocycles. The topological polar surface area (TPSA) is 50.4 Å². The van der Waals surface area contributed by atoms with Gasteiger partial charge in [-0.25, -0.2) is 0 Å². The first-order valence-corrected chi connectivity index (χ1v) is 8.36. The van der Waals surface area contributed by atoms with Crippen LogP contribution in [0.25, 0.3) is 0 Å². The lowest BCUT2D eigenvalue weighted by Crippen LogP contribution is -2.29. The molecule has 1 fully saturated rings. The molecule has 0 unspecified atom stereocenters. The van der Waals surface area contributed by atoms with E-state index in [0.29, 0.717) is 18.9 Å². The van der Waals surface area contributed by atoms with Gasteiger partial charge in [0, 0.05) is 13.0 Å². The summed E-state index contributed by atoms with van der Waals surface area (Å²) in [6.45, 7) is 6.80. The van der Waals surface area contributed by atoms with E-state index in [1.54, 1.807) is 0 Å². The maximum absolute atomic E-state index is 11.9. The summed E-state index contributed by atoms with van der Waals surface area (Å²) in [6, 6.07) is 7.92. The third kappa shape index (κ3) is 7.71. The third-order valence-corrected chi connectivity index (χ3v) is 4.02. The highest BCUT2D eigenvalue weighted by atomic mass is 35.5. The highest BCUT2D eigenvalue weighted by Gasteiger charge is 2.14. The average molecular weight is 341 g/mol. The Balaban J connectivity index is 0.00000264. The Bertz CT molecular complexity index is 457. The monoisotopic (exact) mass is 340 g/mol. The number of hydrogen-bond acceptors (Lipinski definition) is 3. The van der Waals surface area contributed by atoms with Crippen molar-refractivity contribution < 1.29 is 9.53 Å². The van der Waals surface area contributed by atoms with Crippen molar-refractivity contribution in [3.8, 4) is 5.75 Å². The minimum Gasteiger partial charge on any atom is -0.491 e. The molecule has 1 amide bonds. The van der Waals surface area contributed by atoms with E-state index in [1.165, 1.54) is 12.8 Å². The van der Waals surface area contributed by atoms with Gasteiger partial charge in [-0.3, -0.25) is 4.79 Å². The number of halogens is 1. The number of amides is 1. The van der Waals surface area contributed by atoms with Gasteiger partial charge in [-0.1, -0.05) is 12.1 Å². The number of ether oxygens (including phenoxy) is 1. The number of carbonyl (C=O) groups is 1. The molecule has 0 atom stereocenters. The van der Waals surface area contributed by atoms with E-state index in [0.717, 1.165) is 30.8 Å². The quantitative estimate of drug-likeness (QED) is 0.800. The van der Waals surface area contributed by atoms with Gasteiger partial charge in [0.25, 0.3) is 0 Å². The average Bonchev–Trinajstić information content (AvgIpc) is 2.53. The molecule has 0 aromatic heterocycles. The summed E-state index contributed by atoms with van der Waals surface area (Å²) in [5, 5.41) is 6.36. The molecule has 1 aliphatic rings. The van der Waals surface area contributed by atoms with Crippen LogP contribution in [0.5, 0.6) is 5.75 Å². The highest BCUT2D eigenvalue weighted by molar-refractivity contribution is 5.85. The molecule has 23 heavy (non-hydrogen) atoms. The third-order valence-electron chi connectivity index (χ3n) is 4.02. The molecule has 2 N–H and O–H groups in total. The van der Waals surface area contributed by atoms with E-state index in [4.69, 9.17) is 4.74 Å². The first-order chi connectivity index (χ1) is 10.6. The van der Waals surface area contributed by atoms with Crippen LogP contribution in [-0.4, -0.2) is 25.1 Å². The number of carbonyl (C=O) groups excluding carboxylic acids is 1. The van der Waals surface area contributed by atoms with Crippen molar-refractivity contribution in [1.82, 2.24) is 10.6 Å². The Hall–Kier alpha value is -1.26. The van der Waals surface area contributed by atoms with Crippen molar-refractivity contribution in [2.24, 2.45) is 5.92 Å². The van der Waals surface area contributed by atoms with Crippen LogP contribution in [0.4, 0.5) is 0 Å². The Labute approximate surface area is 145 Å². The first kappa shape index (κ1) is 19.8. The molecule has 1 saturated heterocycles. The van der Waals surface area contributed by atoms with Gasteiger partial charge in [0.15, 0.2) is 0 Å². The molecule has 0 radical (unpaired) electrons. The van der Waals surface area contributed by atoms with Gasteiger partial charge in [0.1, 0.15) is 5.75 Å². The normalized spacial score (nSPS) is 15.1. The van der Waals surface area contributed by atoms with Crippen LogP contribution >= 0.6 is 12.4 Å². The Morgan fingerprint density at radius 1 is 1.26 bits per heavy atom. The molecular weight excluding hydrogens is 312 g/mol. The fourth-order valence-corrected chi connectivity index (χ4v) is 2.75. The molecule has 0 aliphatic carbocycles. The van der Waals surface area contributed by atoms with Crippen molar-refractivity contribution in [1.29, 1.82) is 0 Å². The number of piperidine rings is 1. The summed E-state index contributed by atoms with van der Waals surface area (Å²) in [5.74, 6) is 1.73. The summed E-state index contributed by atoms with van der Waals surface area (Å²) in [4.78, 5) is 11.9. The highest BCUT2D eigenvalue weighted by Crippen LogP contribution is 2.17. The van der Waals surface area contributed by atoms with Gasteiger partial charge in [-0.15, -0.1) is 12.4 Å². The van der Waals surface area contributed by atoms with E-state index in [-0.39, 0.29) is 24.4 Å². The lowest BCUT2D eigenvalue weighted by atomic mass is 9.93. The zero-order chi connectivity index (χ0) is 15.8. The molecule has 5 heteroatoms. The Kier molecular flexibility index (Phi) is 9.03. The van der Waals surface area contributed by atoms with Crippen LogP contribution in [0.2, 0.25) is 0 Å². The second-order valence-corrected chi connectivity index (χ2v) is 6.32.